The molecule has 1 aromatic carbocycles. The molecule has 0 spiro atoms. The van der Waals surface area contributed by atoms with Crippen molar-refractivity contribution in [2.75, 3.05) is 34.9 Å². The zero-order valence-corrected chi connectivity index (χ0v) is 13.8. The molecule has 5 rings (SSSR count). The second kappa shape index (κ2) is 5.72. The highest BCUT2D eigenvalue weighted by Gasteiger charge is 2.33. The van der Waals surface area contributed by atoms with E-state index >= 15 is 0 Å². The SMILES string of the molecule is O=CN1Cc2cccnc2Nc2ccc(N3CC4CCN(C3)O4)cc21. The minimum Gasteiger partial charge on any atom is -0.354 e. The molecule has 3 aliphatic heterocycles. The lowest BCUT2D eigenvalue weighted by Crippen LogP contribution is -2.44. The normalized spacial score (nSPS) is 24.2. The van der Waals surface area contributed by atoms with Gasteiger partial charge in [0.05, 0.1) is 30.7 Å². The van der Waals surface area contributed by atoms with E-state index in [4.69, 9.17) is 4.84 Å². The summed E-state index contributed by atoms with van der Waals surface area (Å²) in [6.45, 7) is 3.13. The lowest BCUT2D eigenvalue weighted by Gasteiger charge is -2.35. The number of benzene rings is 1. The maximum atomic E-state index is 11.7. The van der Waals surface area contributed by atoms with E-state index in [1.807, 2.05) is 23.3 Å². The number of hydroxylamine groups is 2. The predicted molar refractivity (Wildman–Crippen MR) is 94.6 cm³/mol. The first-order chi connectivity index (χ1) is 12.3. The van der Waals surface area contributed by atoms with Crippen molar-refractivity contribution in [1.29, 1.82) is 0 Å². The summed E-state index contributed by atoms with van der Waals surface area (Å²) in [5.41, 5.74) is 3.87. The van der Waals surface area contributed by atoms with Crippen molar-refractivity contribution in [3.63, 3.8) is 0 Å². The maximum Gasteiger partial charge on any atom is 0.214 e. The van der Waals surface area contributed by atoms with E-state index in [-0.39, 0.29) is 6.10 Å². The van der Waals surface area contributed by atoms with Gasteiger partial charge in [-0.1, -0.05) is 6.07 Å². The molecule has 7 nitrogen and oxygen atoms in total. The van der Waals surface area contributed by atoms with Crippen molar-refractivity contribution in [3.8, 4) is 0 Å². The fraction of sp³-hybridized carbons (Fsp3) is 0.333. The first-order valence-corrected chi connectivity index (χ1v) is 8.54. The van der Waals surface area contributed by atoms with E-state index in [9.17, 15) is 4.79 Å². The Morgan fingerprint density at radius 1 is 1.32 bits per heavy atom. The molecule has 128 valence electrons. The third kappa shape index (κ3) is 2.52. The molecule has 2 atom stereocenters. The third-order valence-electron chi connectivity index (χ3n) is 5.02. The fourth-order valence-electron chi connectivity index (χ4n) is 3.74. The number of hydrogen-bond donors (Lipinski definition) is 1. The van der Waals surface area contributed by atoms with Crippen LogP contribution in [0.3, 0.4) is 0 Å². The number of hydrogen-bond acceptors (Lipinski definition) is 6. The number of carbonyl (C=O) groups is 1. The molecule has 1 amide bonds. The number of rotatable bonds is 2. The topological polar surface area (TPSA) is 60.9 Å². The van der Waals surface area contributed by atoms with Gasteiger partial charge in [-0.05, 0) is 30.7 Å². The molecule has 25 heavy (non-hydrogen) atoms. The second-order valence-electron chi connectivity index (χ2n) is 6.66. The van der Waals surface area contributed by atoms with Gasteiger partial charge in [0.25, 0.3) is 0 Å². The molecule has 0 radical (unpaired) electrons. The lowest BCUT2D eigenvalue weighted by molar-refractivity contribution is -0.160. The molecule has 2 fully saturated rings. The van der Waals surface area contributed by atoms with Crippen LogP contribution >= 0.6 is 0 Å². The van der Waals surface area contributed by atoms with Gasteiger partial charge in [0.15, 0.2) is 0 Å². The number of anilines is 4. The van der Waals surface area contributed by atoms with Gasteiger partial charge >= 0.3 is 0 Å². The Bertz CT molecular complexity index is 815. The van der Waals surface area contributed by atoms with E-state index in [0.717, 1.165) is 61.0 Å². The molecule has 1 aromatic heterocycles. The average molecular weight is 337 g/mol. The number of fused-ring (bicyclic) bond motifs is 4. The second-order valence-corrected chi connectivity index (χ2v) is 6.66. The molecular formula is C18H19N5O2. The van der Waals surface area contributed by atoms with Gasteiger partial charge in [0, 0.05) is 30.5 Å². The summed E-state index contributed by atoms with van der Waals surface area (Å²) in [7, 11) is 0. The van der Waals surface area contributed by atoms with Crippen LogP contribution in [0.15, 0.2) is 36.5 Å². The van der Waals surface area contributed by atoms with E-state index in [1.165, 1.54) is 0 Å². The van der Waals surface area contributed by atoms with Gasteiger partial charge in [0.2, 0.25) is 6.41 Å². The first-order valence-electron chi connectivity index (χ1n) is 8.54. The molecule has 3 aliphatic rings. The predicted octanol–water partition coefficient (Wildman–Crippen LogP) is 2.08. The van der Waals surface area contributed by atoms with Crippen LogP contribution in [0, 0.1) is 0 Å². The van der Waals surface area contributed by atoms with Crippen LogP contribution in [0.25, 0.3) is 0 Å². The zero-order valence-electron chi connectivity index (χ0n) is 13.8. The molecule has 4 heterocycles. The van der Waals surface area contributed by atoms with Crippen molar-refractivity contribution < 1.29 is 9.63 Å². The molecule has 2 aromatic rings. The van der Waals surface area contributed by atoms with Crippen LogP contribution in [0.1, 0.15) is 12.0 Å². The Morgan fingerprint density at radius 3 is 3.16 bits per heavy atom. The Kier molecular flexibility index (Phi) is 3.36. The van der Waals surface area contributed by atoms with Gasteiger partial charge in [-0.25, -0.2) is 4.98 Å². The number of nitrogens with one attached hydrogen (secondary N) is 1. The Morgan fingerprint density at radius 2 is 2.28 bits per heavy atom. The van der Waals surface area contributed by atoms with E-state index < -0.39 is 0 Å². The highest BCUT2D eigenvalue weighted by molar-refractivity contribution is 5.89. The summed E-state index contributed by atoms with van der Waals surface area (Å²) in [4.78, 5) is 25.9. The minimum atomic E-state index is 0.265. The van der Waals surface area contributed by atoms with Crippen molar-refractivity contribution in [2.45, 2.75) is 19.1 Å². The Hall–Kier alpha value is -2.64. The summed E-state index contributed by atoms with van der Waals surface area (Å²) in [5.74, 6) is 0.802. The van der Waals surface area contributed by atoms with Crippen LogP contribution in [0.5, 0.6) is 0 Å². The molecule has 2 unspecified atom stereocenters. The summed E-state index contributed by atoms with van der Waals surface area (Å²) in [6, 6.07) is 10.1. The quantitative estimate of drug-likeness (QED) is 0.847. The summed E-state index contributed by atoms with van der Waals surface area (Å²) < 4.78 is 0. The lowest BCUT2D eigenvalue weighted by atomic mass is 10.2. The highest BCUT2D eigenvalue weighted by Crippen LogP contribution is 2.37. The molecule has 0 saturated carbocycles. The maximum absolute atomic E-state index is 11.7. The molecule has 2 saturated heterocycles. The van der Waals surface area contributed by atoms with E-state index in [0.29, 0.717) is 6.54 Å². The number of amides is 1. The van der Waals surface area contributed by atoms with Gasteiger partial charge < -0.3 is 15.1 Å². The van der Waals surface area contributed by atoms with Crippen molar-refractivity contribution in [3.05, 3.63) is 42.1 Å². The third-order valence-corrected chi connectivity index (χ3v) is 5.02. The Balaban J connectivity index is 1.51. The standard InChI is InChI=1S/C18H19N5O2/c24-12-22-9-13-2-1-6-19-18(13)20-16-4-3-14(8-17(16)22)21-10-15-5-7-23(11-21)25-15/h1-4,6,8,12,15H,5,7,9-11H2,(H,19,20). The van der Waals surface area contributed by atoms with Crippen molar-refractivity contribution in [1.82, 2.24) is 10.0 Å². The molecule has 0 aliphatic carbocycles. The van der Waals surface area contributed by atoms with Gasteiger partial charge in [0.1, 0.15) is 5.82 Å². The molecular weight excluding hydrogens is 318 g/mol. The van der Waals surface area contributed by atoms with Crippen LogP contribution in [0.4, 0.5) is 22.9 Å². The number of nitrogens with zero attached hydrogens (tertiary/aromatic N) is 4. The average Bonchev–Trinajstić information content (AvgIpc) is 2.89. The summed E-state index contributed by atoms with van der Waals surface area (Å²) in [6.07, 6.45) is 3.99. The van der Waals surface area contributed by atoms with Crippen LogP contribution in [-0.4, -0.2) is 42.3 Å². The van der Waals surface area contributed by atoms with E-state index in [1.54, 1.807) is 11.1 Å². The first kappa shape index (κ1) is 14.7. The van der Waals surface area contributed by atoms with Crippen molar-refractivity contribution in [2.24, 2.45) is 0 Å². The van der Waals surface area contributed by atoms with Crippen LogP contribution < -0.4 is 15.1 Å². The van der Waals surface area contributed by atoms with Crippen LogP contribution in [-0.2, 0) is 16.2 Å². The van der Waals surface area contributed by atoms with E-state index in [2.05, 4.69) is 27.3 Å². The van der Waals surface area contributed by atoms with Crippen molar-refractivity contribution >= 4 is 29.3 Å². The largest absolute Gasteiger partial charge is 0.354 e. The molecule has 1 N–H and O–H groups in total. The highest BCUT2D eigenvalue weighted by atomic mass is 16.7. The van der Waals surface area contributed by atoms with Gasteiger partial charge in [-0.15, -0.1) is 0 Å². The van der Waals surface area contributed by atoms with Crippen LogP contribution in [0.2, 0.25) is 0 Å². The Labute approximate surface area is 145 Å². The smallest absolute Gasteiger partial charge is 0.214 e. The monoisotopic (exact) mass is 337 g/mol. The number of pyridine rings is 1. The van der Waals surface area contributed by atoms with Gasteiger partial charge in [-0.3, -0.25) is 9.63 Å². The zero-order chi connectivity index (χ0) is 16.8. The number of carbonyl (C=O) groups excluding carboxylic acids is 1. The molecule has 2 bridgehead atoms. The summed E-state index contributed by atoms with van der Waals surface area (Å²) >= 11 is 0. The van der Waals surface area contributed by atoms with Gasteiger partial charge in [-0.2, -0.15) is 5.06 Å². The summed E-state index contributed by atoms with van der Waals surface area (Å²) in [5, 5.41) is 5.37. The molecule has 7 heteroatoms. The minimum absolute atomic E-state index is 0.265. The number of aromatic nitrogens is 1. The fourth-order valence-corrected chi connectivity index (χ4v) is 3.74.